The molecule has 0 N–H and O–H groups in total. The highest BCUT2D eigenvalue weighted by Crippen LogP contribution is 2.37. The lowest BCUT2D eigenvalue weighted by atomic mass is 9.97. The van der Waals surface area contributed by atoms with Crippen molar-refractivity contribution in [3.05, 3.63) is 11.6 Å². The van der Waals surface area contributed by atoms with Crippen molar-refractivity contribution >= 4 is 11.8 Å². The van der Waals surface area contributed by atoms with Crippen LogP contribution in [0, 0.1) is 17.8 Å². The number of hydrogen-bond donors (Lipinski definition) is 0. The van der Waals surface area contributed by atoms with Crippen LogP contribution >= 0.6 is 0 Å². The van der Waals surface area contributed by atoms with Crippen molar-refractivity contribution in [1.82, 2.24) is 4.90 Å². The molecule has 0 radical (unpaired) electrons. The zero-order chi connectivity index (χ0) is 16.3. The summed E-state index contributed by atoms with van der Waals surface area (Å²) in [7, 11) is 0. The van der Waals surface area contributed by atoms with Crippen LogP contribution in [0.1, 0.15) is 47.0 Å². The Kier molecular flexibility index (Phi) is 5.79. The number of rotatable bonds is 7. The summed E-state index contributed by atoms with van der Waals surface area (Å²) in [6.07, 6.45) is 5.28. The van der Waals surface area contributed by atoms with E-state index < -0.39 is 0 Å². The molecule has 0 spiro atoms. The normalized spacial score (nSPS) is 26.2. The zero-order valence-electron chi connectivity index (χ0n) is 14.3. The minimum Gasteiger partial charge on any atom is -0.465 e. The first-order valence-corrected chi connectivity index (χ1v) is 8.65. The summed E-state index contributed by atoms with van der Waals surface area (Å²) in [5, 5.41) is 0. The van der Waals surface area contributed by atoms with Gasteiger partial charge in [0.15, 0.2) is 5.78 Å². The van der Waals surface area contributed by atoms with Crippen LogP contribution in [0.25, 0.3) is 0 Å². The molecule has 2 rings (SSSR count). The van der Waals surface area contributed by atoms with Crippen molar-refractivity contribution in [3.8, 4) is 0 Å². The lowest BCUT2D eigenvalue weighted by Gasteiger charge is -2.29. The highest BCUT2D eigenvalue weighted by Gasteiger charge is 2.46. The number of likely N-dealkylation sites (tertiary alicyclic amines) is 1. The summed E-state index contributed by atoms with van der Waals surface area (Å²) < 4.78 is 5.22. The zero-order valence-corrected chi connectivity index (χ0v) is 14.3. The Hall–Kier alpha value is -1.16. The Morgan fingerprint density at radius 3 is 2.64 bits per heavy atom. The molecule has 0 amide bonds. The molecule has 1 saturated heterocycles. The molecule has 4 heteroatoms. The van der Waals surface area contributed by atoms with Crippen molar-refractivity contribution in [2.45, 2.75) is 53.0 Å². The minimum absolute atomic E-state index is 0.0579. The molecule has 1 fully saturated rings. The van der Waals surface area contributed by atoms with Gasteiger partial charge in [0.25, 0.3) is 0 Å². The summed E-state index contributed by atoms with van der Waals surface area (Å²) in [5.41, 5.74) is 1.02. The fourth-order valence-electron chi connectivity index (χ4n) is 3.76. The van der Waals surface area contributed by atoms with Crippen molar-refractivity contribution in [3.63, 3.8) is 0 Å². The third-order valence-corrected chi connectivity index (χ3v) is 4.81. The number of hydrogen-bond acceptors (Lipinski definition) is 4. The van der Waals surface area contributed by atoms with E-state index in [9.17, 15) is 9.59 Å². The number of unbranched alkanes of at least 4 members (excludes halogenated alkanes) is 1. The number of Topliss-reactive ketones (excluding diaryl/α,β-unsaturated/α-hetero) is 1. The van der Waals surface area contributed by atoms with Gasteiger partial charge in [-0.3, -0.25) is 14.5 Å². The van der Waals surface area contributed by atoms with Crippen LogP contribution in [0.15, 0.2) is 11.6 Å². The van der Waals surface area contributed by atoms with E-state index in [4.69, 9.17) is 4.74 Å². The number of ketones is 1. The quantitative estimate of drug-likeness (QED) is 0.679. The third-order valence-electron chi connectivity index (χ3n) is 4.81. The standard InChI is InChI=1S/C18H29NO3/c1-5-7-8-13-9-14-10-19(11-15(14)17(13)20)16(12(3)4)18(21)22-6-2/h9,12,14-16H,5-8,10-11H2,1-4H3/t14-,15+,16-/m0/s1. The second-order valence-corrected chi connectivity index (χ2v) is 6.82. The predicted octanol–water partition coefficient (Wildman–Crippen LogP) is 2.82. The van der Waals surface area contributed by atoms with Crippen LogP contribution in [0.5, 0.6) is 0 Å². The SMILES string of the molecule is CCCCC1=C[C@H]2CN([C@H](C(=O)OCC)C(C)C)C[C@H]2C1=O. The van der Waals surface area contributed by atoms with Gasteiger partial charge in [0.1, 0.15) is 6.04 Å². The van der Waals surface area contributed by atoms with E-state index in [1.165, 1.54) is 0 Å². The predicted molar refractivity (Wildman–Crippen MR) is 86.4 cm³/mol. The fourth-order valence-corrected chi connectivity index (χ4v) is 3.76. The van der Waals surface area contributed by atoms with Gasteiger partial charge in [0.05, 0.1) is 6.61 Å². The first-order valence-electron chi connectivity index (χ1n) is 8.65. The lowest BCUT2D eigenvalue weighted by Crippen LogP contribution is -2.45. The molecule has 1 heterocycles. The average molecular weight is 307 g/mol. The van der Waals surface area contributed by atoms with E-state index in [-0.39, 0.29) is 29.8 Å². The van der Waals surface area contributed by atoms with Gasteiger partial charge >= 0.3 is 5.97 Å². The second kappa shape index (κ2) is 7.40. The van der Waals surface area contributed by atoms with Gasteiger partial charge in [0, 0.05) is 24.9 Å². The molecule has 4 nitrogen and oxygen atoms in total. The maximum Gasteiger partial charge on any atom is 0.323 e. The summed E-state index contributed by atoms with van der Waals surface area (Å²) >= 11 is 0. The maximum absolute atomic E-state index is 12.5. The molecule has 0 aromatic rings. The van der Waals surface area contributed by atoms with Crippen LogP contribution in [0.3, 0.4) is 0 Å². The minimum atomic E-state index is -0.231. The number of fused-ring (bicyclic) bond motifs is 1. The molecule has 22 heavy (non-hydrogen) atoms. The molecule has 0 aromatic carbocycles. The van der Waals surface area contributed by atoms with E-state index in [2.05, 4.69) is 17.9 Å². The fraction of sp³-hybridized carbons (Fsp3) is 0.778. The largest absolute Gasteiger partial charge is 0.465 e. The Bertz CT molecular complexity index is 455. The molecule has 0 bridgehead atoms. The summed E-state index contributed by atoms with van der Waals surface area (Å²) in [6.45, 7) is 9.96. The van der Waals surface area contributed by atoms with Gasteiger partial charge in [0.2, 0.25) is 0 Å². The highest BCUT2D eigenvalue weighted by molar-refractivity contribution is 6.00. The topological polar surface area (TPSA) is 46.6 Å². The van der Waals surface area contributed by atoms with Crippen LogP contribution in [-0.4, -0.2) is 42.4 Å². The molecule has 0 saturated carbocycles. The number of carbonyl (C=O) groups is 2. The first kappa shape index (κ1) is 17.2. The monoisotopic (exact) mass is 307 g/mol. The number of carbonyl (C=O) groups excluding carboxylic acids is 2. The van der Waals surface area contributed by atoms with E-state index in [1.54, 1.807) is 0 Å². The number of ether oxygens (including phenoxy) is 1. The van der Waals surface area contributed by atoms with E-state index in [0.29, 0.717) is 18.9 Å². The lowest BCUT2D eigenvalue weighted by molar-refractivity contribution is -0.151. The van der Waals surface area contributed by atoms with Crippen molar-refractivity contribution < 1.29 is 14.3 Å². The maximum atomic E-state index is 12.5. The highest BCUT2D eigenvalue weighted by atomic mass is 16.5. The van der Waals surface area contributed by atoms with E-state index in [1.807, 2.05) is 20.8 Å². The Balaban J connectivity index is 2.05. The molecule has 124 valence electrons. The Morgan fingerprint density at radius 2 is 2.09 bits per heavy atom. The van der Waals surface area contributed by atoms with E-state index >= 15 is 0 Å². The molecular weight excluding hydrogens is 278 g/mol. The molecular formula is C18H29NO3. The van der Waals surface area contributed by atoms with Gasteiger partial charge in [-0.05, 0) is 31.3 Å². The van der Waals surface area contributed by atoms with Gasteiger partial charge in [-0.1, -0.05) is 33.3 Å². The van der Waals surface area contributed by atoms with Crippen molar-refractivity contribution in [2.75, 3.05) is 19.7 Å². The Morgan fingerprint density at radius 1 is 1.36 bits per heavy atom. The average Bonchev–Trinajstić information content (AvgIpc) is 2.97. The van der Waals surface area contributed by atoms with Gasteiger partial charge < -0.3 is 4.74 Å². The smallest absolute Gasteiger partial charge is 0.323 e. The van der Waals surface area contributed by atoms with Crippen LogP contribution in [0.2, 0.25) is 0 Å². The van der Waals surface area contributed by atoms with Crippen LogP contribution in [-0.2, 0) is 14.3 Å². The van der Waals surface area contributed by atoms with Gasteiger partial charge in [-0.25, -0.2) is 0 Å². The van der Waals surface area contributed by atoms with Crippen molar-refractivity contribution in [1.29, 1.82) is 0 Å². The molecule has 1 aliphatic heterocycles. The van der Waals surface area contributed by atoms with Gasteiger partial charge in [-0.2, -0.15) is 0 Å². The van der Waals surface area contributed by atoms with E-state index in [0.717, 1.165) is 31.4 Å². The molecule has 0 unspecified atom stereocenters. The molecule has 1 aliphatic carbocycles. The second-order valence-electron chi connectivity index (χ2n) is 6.82. The summed E-state index contributed by atoms with van der Waals surface area (Å²) in [6, 6.07) is -0.231. The number of esters is 1. The number of nitrogens with zero attached hydrogens (tertiary/aromatic N) is 1. The first-order chi connectivity index (χ1) is 10.5. The third kappa shape index (κ3) is 3.43. The van der Waals surface area contributed by atoms with Crippen molar-refractivity contribution in [2.24, 2.45) is 17.8 Å². The summed E-state index contributed by atoms with van der Waals surface area (Å²) in [5.74, 6) is 0.696. The molecule has 3 atom stereocenters. The van der Waals surface area contributed by atoms with Gasteiger partial charge in [-0.15, -0.1) is 0 Å². The number of allylic oxidation sites excluding steroid dienone is 1. The van der Waals surface area contributed by atoms with Crippen LogP contribution in [0.4, 0.5) is 0 Å². The van der Waals surface area contributed by atoms with Crippen LogP contribution < -0.4 is 0 Å². The Labute approximate surface area is 133 Å². The molecule has 2 aliphatic rings. The summed E-state index contributed by atoms with van der Waals surface area (Å²) in [4.78, 5) is 26.9. The molecule has 0 aromatic heterocycles.